The highest BCUT2D eigenvalue weighted by Gasteiger charge is 2.60. The third-order valence-electron chi connectivity index (χ3n) is 18.6. The third kappa shape index (κ3) is 21.0. The van der Waals surface area contributed by atoms with E-state index in [0.29, 0.717) is 0 Å². The van der Waals surface area contributed by atoms with Gasteiger partial charge in [0.15, 0.2) is 44.0 Å². The molecule has 37 atom stereocenters. The number of carboxylic acid groups (broad SMARTS) is 2. The highest BCUT2D eigenvalue weighted by atomic mass is 32.2. The standard InChI is InChI=1S/C59H97NO41S2/c1-19(66)3-5-86-7-8-87-6-4-21(67)9-20(51(82)83)15-102-17-28-49-35(73)42(80)58(93-28)98-47-26(13-64)89-55(38(76)31(47)69)97-46-25(12-63)92-57(41(79)34(46)72)101-50-29(18-103-16-22(60-2)52(84)85)94-59(43(81)36(50)74)99-48-27(14-65)90-54(39(77)32(48)70)95-44-23(10-61)88-53(37(75)30(44)68)96-45-24(11-62)91-56(100-49)40(78)33(45)71/h20,22-50,53-65,68-81H,3-18H2,1-2H3,(H,82,83)(H,84,85)/t20-,22?,23?,24?,25?,26?,27?,28?,29?,30-,31-,32-,33-,34-,35-,36-,37?,38?,39?,40?,41?,42?,43?,44-,45-,46-,47-,48-,49-,50-,53+,54-,55+,56-,57+,58-,59+/m1/s1. The van der Waals surface area contributed by atoms with Crippen LogP contribution in [0.1, 0.15) is 26.2 Å². The number of thioether (sulfide) groups is 2. The number of hydrogen-bond donors (Lipinski definition) is 22. The van der Waals surface area contributed by atoms with Crippen molar-refractivity contribution in [3.63, 3.8) is 0 Å². The predicted molar refractivity (Wildman–Crippen MR) is 332 cm³/mol. The number of Topliss-reactive ketones (excluding diaryl/α,β-unsaturated/α-hetero) is 2. The minimum Gasteiger partial charge on any atom is -0.481 e. The summed E-state index contributed by atoms with van der Waals surface area (Å²) in [5.74, 6) is -6.08. The van der Waals surface area contributed by atoms with Gasteiger partial charge in [0.2, 0.25) is 0 Å². The molecule has 0 amide bonds. The Morgan fingerprint density at radius 2 is 0.602 bits per heavy atom. The van der Waals surface area contributed by atoms with Gasteiger partial charge in [-0.05, 0) is 14.0 Å². The first-order chi connectivity index (χ1) is 49.0. The van der Waals surface area contributed by atoms with E-state index < -0.39 is 290 Å². The molecule has 21 saturated heterocycles. The number of carbonyl (C=O) groups excluding carboxylic acids is 2. The molecule has 596 valence electrons. The van der Waals surface area contributed by atoms with Crippen molar-refractivity contribution in [2.75, 3.05) is 89.5 Å². The van der Waals surface area contributed by atoms with Crippen molar-refractivity contribution in [2.24, 2.45) is 5.92 Å². The van der Waals surface area contributed by atoms with E-state index in [0.717, 1.165) is 23.5 Å². The lowest BCUT2D eigenvalue weighted by molar-refractivity contribution is -0.395. The first kappa shape index (κ1) is 86.1. The van der Waals surface area contributed by atoms with Gasteiger partial charge < -0.3 is 188 Å². The van der Waals surface area contributed by atoms with Gasteiger partial charge in [-0.25, -0.2) is 0 Å². The van der Waals surface area contributed by atoms with Crippen LogP contribution in [0.25, 0.3) is 0 Å². The number of ketones is 2. The predicted octanol–water partition coefficient (Wildman–Crippen LogP) is -13.0. The lowest BCUT2D eigenvalue weighted by Gasteiger charge is -2.50. The van der Waals surface area contributed by atoms with Gasteiger partial charge in [0.05, 0.1) is 77.6 Å². The van der Waals surface area contributed by atoms with Gasteiger partial charge in [0, 0.05) is 42.3 Å². The molecular formula is C59H97NO41S2. The van der Waals surface area contributed by atoms with Crippen LogP contribution in [0, 0.1) is 5.92 Å². The quantitative estimate of drug-likeness (QED) is 0.0340. The number of ether oxygens (including phenoxy) is 16. The molecule has 0 aliphatic carbocycles. The fraction of sp³-hybridized carbons (Fsp3) is 0.932. The maximum atomic E-state index is 13.0. The molecule has 21 aliphatic heterocycles. The van der Waals surface area contributed by atoms with Crippen LogP contribution in [-0.4, -0.2) is 441 Å². The van der Waals surface area contributed by atoms with E-state index in [4.69, 9.17) is 75.8 Å². The summed E-state index contributed by atoms with van der Waals surface area (Å²) in [6, 6.07) is -1.18. The normalized spacial score (nSPS) is 44.9. The summed E-state index contributed by atoms with van der Waals surface area (Å²) < 4.78 is 93.3. The summed E-state index contributed by atoms with van der Waals surface area (Å²) in [7, 11) is 1.35. The molecule has 0 aromatic heterocycles. The number of aliphatic hydroxyl groups is 19. The molecule has 0 aromatic rings. The highest BCUT2D eigenvalue weighted by Crippen LogP contribution is 2.40. The van der Waals surface area contributed by atoms with E-state index in [1.807, 2.05) is 0 Å². The van der Waals surface area contributed by atoms with Crippen molar-refractivity contribution in [3.8, 4) is 0 Å². The summed E-state index contributed by atoms with van der Waals surface area (Å²) in [6.45, 7) is -3.91. The molecule has 21 rings (SSSR count). The van der Waals surface area contributed by atoms with Gasteiger partial charge in [-0.15, -0.1) is 0 Å². The number of aliphatic carboxylic acids is 2. The SMILES string of the molecule is CNC(CSCC1O[C@H]2O[C@@H]3C(CO)O[C@H](O[C@@H]4C(CO)O[C@@H](O[C@@H]5C(CO)O[C@H](O[C@@H]6C(CSC[C@@H](CC(=O)CCOCCOCCC(C)=O)C(=O)O)O[C@H](O[C@@H]7C(CO)O[C@@H](O[C@@H]8C(CO)O[C@@H](O[C@H]1[C@H](O)C2O)C(O)[C@H]8O)C(O)[C@H]7O)C(O)[C@H]6O)C(O)[C@H]5O)C(O)[C@H]4O)C(O)[C@H]3O)C(=O)O. The Hall–Kier alpha value is -2.46. The van der Waals surface area contributed by atoms with E-state index in [2.05, 4.69) is 5.32 Å². The van der Waals surface area contributed by atoms with Gasteiger partial charge in [-0.2, -0.15) is 23.5 Å². The second-order valence-electron chi connectivity index (χ2n) is 25.7. The van der Waals surface area contributed by atoms with Crippen LogP contribution in [0.5, 0.6) is 0 Å². The number of nitrogens with one attached hydrogen (secondary N) is 1. The zero-order chi connectivity index (χ0) is 75.4. The van der Waals surface area contributed by atoms with Crippen LogP contribution < -0.4 is 5.32 Å². The average molecular weight is 1540 g/mol. The first-order valence-corrected chi connectivity index (χ1v) is 35.5. The molecule has 42 nitrogen and oxygen atoms in total. The Kier molecular flexibility index (Phi) is 33.4. The van der Waals surface area contributed by atoms with Crippen molar-refractivity contribution in [1.82, 2.24) is 5.32 Å². The van der Waals surface area contributed by atoms with Crippen molar-refractivity contribution in [2.45, 2.75) is 247 Å². The smallest absolute Gasteiger partial charge is 0.321 e. The maximum Gasteiger partial charge on any atom is 0.321 e. The molecule has 0 radical (unpaired) electrons. The lowest BCUT2D eigenvalue weighted by atomic mass is 9.95. The van der Waals surface area contributed by atoms with Gasteiger partial charge in [0.1, 0.15) is 176 Å². The van der Waals surface area contributed by atoms with E-state index in [9.17, 15) is 126 Å². The number of aliphatic hydroxyl groups excluding tert-OH is 19. The molecule has 22 N–H and O–H groups in total. The minimum absolute atomic E-state index is 0.0645. The molecule has 21 fully saturated rings. The molecule has 0 spiro atoms. The molecule has 14 bridgehead atoms. The zero-order valence-electron chi connectivity index (χ0n) is 55.5. The monoisotopic (exact) mass is 1540 g/mol. The number of hydrogen-bond acceptors (Lipinski definition) is 42. The minimum atomic E-state index is -2.31. The molecule has 21 heterocycles. The molecule has 0 saturated carbocycles. The van der Waals surface area contributed by atoms with Crippen LogP contribution in [0.15, 0.2) is 0 Å². The second-order valence-corrected chi connectivity index (χ2v) is 27.9. The van der Waals surface area contributed by atoms with Gasteiger partial charge in [0.25, 0.3) is 0 Å². The van der Waals surface area contributed by atoms with E-state index >= 15 is 0 Å². The molecule has 44 heteroatoms. The van der Waals surface area contributed by atoms with E-state index in [1.165, 1.54) is 14.0 Å². The zero-order valence-corrected chi connectivity index (χ0v) is 57.2. The average Bonchev–Trinajstić information content (AvgIpc) is 0.785. The van der Waals surface area contributed by atoms with Crippen LogP contribution in [0.2, 0.25) is 0 Å². The molecule has 21 aliphatic rings. The molecular weight excluding hydrogens is 1440 g/mol. The highest BCUT2D eigenvalue weighted by molar-refractivity contribution is 7.99. The topological polar surface area (TPSA) is 653 Å². The van der Waals surface area contributed by atoms with Gasteiger partial charge in [-0.1, -0.05) is 0 Å². The Bertz CT molecular complexity index is 2610. The summed E-state index contributed by atoms with van der Waals surface area (Å²) in [5, 5.41) is 239. The number of rotatable bonds is 27. The number of likely N-dealkylation sites (N-methyl/N-ethyl adjacent to an activating group) is 1. The second kappa shape index (κ2) is 40.0. The Morgan fingerprint density at radius 3 is 0.845 bits per heavy atom. The van der Waals surface area contributed by atoms with Crippen molar-refractivity contribution >= 4 is 47.0 Å². The number of carboxylic acids is 2. The Balaban J connectivity index is 1.08. The van der Waals surface area contributed by atoms with Crippen LogP contribution >= 0.6 is 23.5 Å². The maximum absolute atomic E-state index is 13.0. The van der Waals surface area contributed by atoms with Crippen LogP contribution in [-0.2, 0) is 95.0 Å². The Labute approximate surface area is 595 Å². The van der Waals surface area contributed by atoms with Crippen molar-refractivity contribution < 1.29 is 202 Å². The number of carbonyl (C=O) groups is 4. The van der Waals surface area contributed by atoms with E-state index in [-0.39, 0.29) is 62.3 Å². The van der Waals surface area contributed by atoms with Crippen molar-refractivity contribution in [1.29, 1.82) is 0 Å². The van der Waals surface area contributed by atoms with Gasteiger partial charge in [-0.3, -0.25) is 19.2 Å². The molecule has 103 heavy (non-hydrogen) atoms. The largest absolute Gasteiger partial charge is 0.481 e. The lowest BCUT2D eigenvalue weighted by Crippen LogP contribution is -2.68. The summed E-state index contributed by atoms with van der Waals surface area (Å²) in [5.41, 5.74) is 0. The Morgan fingerprint density at radius 1 is 0.350 bits per heavy atom. The summed E-state index contributed by atoms with van der Waals surface area (Å²) in [4.78, 5) is 48.7. The van der Waals surface area contributed by atoms with Gasteiger partial charge >= 0.3 is 11.9 Å². The first-order valence-electron chi connectivity index (χ1n) is 33.2. The molecule has 15 unspecified atom stereocenters. The van der Waals surface area contributed by atoms with E-state index in [1.54, 1.807) is 0 Å². The fourth-order valence-corrected chi connectivity index (χ4v) is 15.0. The van der Waals surface area contributed by atoms with Crippen LogP contribution in [0.3, 0.4) is 0 Å². The third-order valence-corrected chi connectivity index (χ3v) is 20.9. The molecule has 0 aromatic carbocycles. The summed E-state index contributed by atoms with van der Waals surface area (Å²) >= 11 is 1.66. The summed E-state index contributed by atoms with van der Waals surface area (Å²) in [6.07, 6.45) is -73.1. The fourth-order valence-electron chi connectivity index (χ4n) is 12.6. The van der Waals surface area contributed by atoms with Crippen LogP contribution in [0.4, 0.5) is 0 Å². The van der Waals surface area contributed by atoms with Crippen molar-refractivity contribution in [3.05, 3.63) is 0 Å².